The van der Waals surface area contributed by atoms with E-state index in [0.29, 0.717) is 38.3 Å². The Morgan fingerprint density at radius 3 is 2.57 bits per heavy atom. The third-order valence-corrected chi connectivity index (χ3v) is 6.90. The maximum Gasteiger partial charge on any atom is 0.255 e. The number of carbonyl (C=O) groups is 1. The van der Waals surface area contributed by atoms with Crippen LogP contribution in [0.15, 0.2) is 60.8 Å². The van der Waals surface area contributed by atoms with Crippen molar-refractivity contribution in [2.75, 3.05) is 21.9 Å². The van der Waals surface area contributed by atoms with Crippen LogP contribution in [0.1, 0.15) is 23.2 Å². The van der Waals surface area contributed by atoms with Gasteiger partial charge in [-0.2, -0.15) is 0 Å². The molecule has 0 radical (unpaired) electrons. The Hall–Kier alpha value is -2.41. The first-order valence-corrected chi connectivity index (χ1v) is 11.5. The number of nitrogens with zero attached hydrogens (tertiary/aromatic N) is 2. The maximum atomic E-state index is 12.7. The van der Waals surface area contributed by atoms with E-state index in [-0.39, 0.29) is 5.91 Å². The Morgan fingerprint density at radius 1 is 1.03 bits per heavy atom. The van der Waals surface area contributed by atoms with Crippen LogP contribution in [0.5, 0.6) is 0 Å². The first-order chi connectivity index (χ1) is 14.5. The van der Waals surface area contributed by atoms with Gasteiger partial charge in [-0.3, -0.25) is 14.1 Å². The van der Waals surface area contributed by atoms with Gasteiger partial charge in [0.2, 0.25) is 0 Å². The van der Waals surface area contributed by atoms with Gasteiger partial charge in [-0.25, -0.2) is 4.21 Å². The minimum absolute atomic E-state index is 0.242. The van der Waals surface area contributed by atoms with Gasteiger partial charge < -0.3 is 5.32 Å². The molecule has 0 spiro atoms. The lowest BCUT2D eigenvalue weighted by Gasteiger charge is -2.27. The molecule has 1 aromatic heterocycles. The summed E-state index contributed by atoms with van der Waals surface area (Å²) in [7, 11) is -0.998. The number of anilines is 2. The highest BCUT2D eigenvalue weighted by molar-refractivity contribution is 7.86. The second-order valence-corrected chi connectivity index (χ2v) is 9.23. The summed E-state index contributed by atoms with van der Waals surface area (Å²) < 4.78 is 14.1. The van der Waals surface area contributed by atoms with Crippen molar-refractivity contribution in [1.82, 2.24) is 4.98 Å². The Labute approximate surface area is 187 Å². The maximum absolute atomic E-state index is 12.7. The molecule has 8 heteroatoms. The quantitative estimate of drug-likeness (QED) is 0.554. The van der Waals surface area contributed by atoms with E-state index in [9.17, 15) is 9.00 Å². The van der Waals surface area contributed by atoms with Gasteiger partial charge in [0.1, 0.15) is 11.0 Å². The number of rotatable bonds is 4. The third-order valence-electron chi connectivity index (χ3n) is 4.82. The number of hydrogen-bond donors (Lipinski definition) is 1. The van der Waals surface area contributed by atoms with E-state index in [1.165, 1.54) is 0 Å². The molecule has 1 amide bonds. The summed E-state index contributed by atoms with van der Waals surface area (Å²) in [5, 5.41) is 3.96. The fourth-order valence-electron chi connectivity index (χ4n) is 3.27. The van der Waals surface area contributed by atoms with Gasteiger partial charge in [0.25, 0.3) is 5.91 Å². The summed E-state index contributed by atoms with van der Waals surface area (Å²) >= 11 is 12.4. The van der Waals surface area contributed by atoms with Crippen LogP contribution < -0.4 is 9.62 Å². The van der Waals surface area contributed by atoms with Gasteiger partial charge in [-0.15, -0.1) is 0 Å². The molecule has 1 saturated heterocycles. The lowest BCUT2D eigenvalue weighted by Crippen LogP contribution is -2.32. The molecule has 1 atom stereocenters. The van der Waals surface area contributed by atoms with Crippen molar-refractivity contribution in [3.05, 3.63) is 76.4 Å². The average molecular weight is 460 g/mol. The van der Waals surface area contributed by atoms with Gasteiger partial charge in [0.05, 0.1) is 10.7 Å². The van der Waals surface area contributed by atoms with Crippen LogP contribution in [-0.2, 0) is 11.0 Å². The van der Waals surface area contributed by atoms with E-state index in [0.717, 1.165) is 25.1 Å². The molecule has 1 aliphatic rings. The monoisotopic (exact) mass is 459 g/mol. The van der Waals surface area contributed by atoms with Crippen molar-refractivity contribution in [1.29, 1.82) is 0 Å². The summed E-state index contributed by atoms with van der Waals surface area (Å²) in [5.41, 5.74) is 3.29. The molecule has 30 heavy (non-hydrogen) atoms. The van der Waals surface area contributed by atoms with Gasteiger partial charge in [-0.05, 0) is 67.4 Å². The third kappa shape index (κ3) is 4.67. The van der Waals surface area contributed by atoms with E-state index >= 15 is 0 Å². The Bertz CT molecular complexity index is 1110. The molecule has 0 aliphatic carbocycles. The highest BCUT2D eigenvalue weighted by atomic mass is 35.5. The smallest absolute Gasteiger partial charge is 0.255 e. The molecule has 154 valence electrons. The van der Waals surface area contributed by atoms with Crippen molar-refractivity contribution in [2.24, 2.45) is 0 Å². The Kier molecular flexibility index (Phi) is 6.37. The second-order valence-electron chi connectivity index (χ2n) is 6.89. The van der Waals surface area contributed by atoms with E-state index in [4.69, 9.17) is 23.2 Å². The Morgan fingerprint density at radius 2 is 1.83 bits per heavy atom. The number of benzene rings is 2. The van der Waals surface area contributed by atoms with Crippen molar-refractivity contribution >= 4 is 51.5 Å². The van der Waals surface area contributed by atoms with Crippen molar-refractivity contribution < 1.29 is 9.00 Å². The lowest BCUT2D eigenvalue weighted by atomic mass is 10.1. The molecule has 1 N–H and O–H groups in total. The summed E-state index contributed by atoms with van der Waals surface area (Å²) in [5.74, 6) is 0.441. The van der Waals surface area contributed by atoms with E-state index in [1.807, 2.05) is 16.4 Å². The molecule has 0 bridgehead atoms. The van der Waals surface area contributed by atoms with Crippen molar-refractivity contribution in [3.8, 4) is 11.3 Å². The van der Waals surface area contributed by atoms with Gasteiger partial charge in [0.15, 0.2) is 0 Å². The summed E-state index contributed by atoms with van der Waals surface area (Å²) in [6.07, 6.45) is 3.61. The number of halogens is 2. The van der Waals surface area contributed by atoms with E-state index < -0.39 is 11.0 Å². The predicted molar refractivity (Wildman–Crippen MR) is 124 cm³/mol. The zero-order chi connectivity index (χ0) is 21.1. The number of aromatic nitrogens is 1. The largest absolute Gasteiger partial charge is 0.322 e. The van der Waals surface area contributed by atoms with Gasteiger partial charge in [0, 0.05) is 46.0 Å². The first kappa shape index (κ1) is 20.8. The molecule has 0 saturated carbocycles. The molecule has 1 unspecified atom stereocenters. The lowest BCUT2D eigenvalue weighted by molar-refractivity contribution is 0.102. The fourth-order valence-corrected chi connectivity index (χ4v) is 5.01. The Balaban J connectivity index is 1.51. The predicted octanol–water partition coefficient (Wildman–Crippen LogP) is 5.57. The van der Waals surface area contributed by atoms with E-state index in [2.05, 4.69) is 10.3 Å². The van der Waals surface area contributed by atoms with Crippen LogP contribution in [0.2, 0.25) is 10.0 Å². The number of hydrogen-bond acceptors (Lipinski definition) is 3. The van der Waals surface area contributed by atoms with Crippen LogP contribution in [-0.4, -0.2) is 27.4 Å². The number of nitrogens with one attached hydrogen (secondary N) is 1. The van der Waals surface area contributed by atoms with E-state index in [1.54, 1.807) is 48.7 Å². The molecule has 3 aromatic rings. The van der Waals surface area contributed by atoms with Crippen molar-refractivity contribution in [3.63, 3.8) is 0 Å². The van der Waals surface area contributed by atoms with Crippen molar-refractivity contribution in [2.45, 2.75) is 12.8 Å². The second kappa shape index (κ2) is 9.16. The minimum Gasteiger partial charge on any atom is -0.322 e. The normalized spacial score (nSPS) is 16.3. The van der Waals surface area contributed by atoms with Crippen LogP contribution >= 0.6 is 23.2 Å². The molecule has 5 nitrogen and oxygen atoms in total. The average Bonchev–Trinajstić information content (AvgIpc) is 2.75. The number of pyridine rings is 1. The highest BCUT2D eigenvalue weighted by Crippen LogP contribution is 2.31. The van der Waals surface area contributed by atoms with Crippen LogP contribution in [0, 0.1) is 0 Å². The zero-order valence-electron chi connectivity index (χ0n) is 16.0. The highest BCUT2D eigenvalue weighted by Gasteiger charge is 2.18. The van der Waals surface area contributed by atoms with Gasteiger partial charge in [-0.1, -0.05) is 23.2 Å². The molecular formula is C22H19Cl2N3O2S. The first-order valence-electron chi connectivity index (χ1n) is 9.50. The zero-order valence-corrected chi connectivity index (χ0v) is 18.3. The number of amides is 1. The standard InChI is InChI=1S/C22H19Cl2N3O2S/c23-16-9-10-25-21(13-16)19-14-17(5-8-20(19)24)26-22(28)15-3-6-18(7-4-15)27-11-1-2-12-30(27)29/h3-10,13-14H,1-2,11-12H2,(H,26,28). The fraction of sp³-hybridized carbons (Fsp3) is 0.182. The molecule has 2 heterocycles. The molecular weight excluding hydrogens is 441 g/mol. The SMILES string of the molecule is O=C(Nc1ccc(Cl)c(-c2cc(Cl)ccn2)c1)c1ccc(N2CCCCS2=O)cc1. The minimum atomic E-state index is -0.998. The summed E-state index contributed by atoms with van der Waals surface area (Å²) in [6.45, 7) is 0.767. The number of carbonyl (C=O) groups excluding carboxylic acids is 1. The van der Waals surface area contributed by atoms with Crippen LogP contribution in [0.3, 0.4) is 0 Å². The van der Waals surface area contributed by atoms with Crippen LogP contribution in [0.25, 0.3) is 11.3 Å². The molecule has 1 fully saturated rings. The molecule has 1 aliphatic heterocycles. The molecule has 2 aromatic carbocycles. The summed E-state index contributed by atoms with van der Waals surface area (Å²) in [4.78, 5) is 17.0. The summed E-state index contributed by atoms with van der Waals surface area (Å²) in [6, 6.07) is 15.8. The topological polar surface area (TPSA) is 62.3 Å². The van der Waals surface area contributed by atoms with Crippen LogP contribution in [0.4, 0.5) is 11.4 Å². The molecule has 4 rings (SSSR count). The van der Waals surface area contributed by atoms with Gasteiger partial charge >= 0.3 is 0 Å².